The van der Waals surface area contributed by atoms with E-state index in [1.54, 1.807) is 19.2 Å². The maximum absolute atomic E-state index is 13.8. The molecule has 1 rings (SSSR count). The predicted molar refractivity (Wildman–Crippen MR) is 67.4 cm³/mol. The minimum Gasteiger partial charge on any atom is -0.494 e. The van der Waals surface area contributed by atoms with Crippen molar-refractivity contribution in [3.63, 3.8) is 0 Å². The van der Waals surface area contributed by atoms with E-state index in [9.17, 15) is 9.18 Å². The van der Waals surface area contributed by atoms with Crippen molar-refractivity contribution in [3.05, 3.63) is 29.6 Å². The Balaban J connectivity index is 2.59. The summed E-state index contributed by atoms with van der Waals surface area (Å²) in [6, 6.07) is 4.83. The van der Waals surface area contributed by atoms with Crippen LogP contribution in [0.1, 0.15) is 25.3 Å². The molecule has 0 N–H and O–H groups in total. The minimum atomic E-state index is -0.451. The van der Waals surface area contributed by atoms with Crippen LogP contribution in [0.3, 0.4) is 0 Å². The standard InChI is InChI=1S/C14H19FO3/c1-10(17-2)7-8-12(16)9-11-5-4-6-13(18-3)14(11)15/h4-6,10H,7-9H2,1-3H3. The van der Waals surface area contributed by atoms with Crippen LogP contribution in [0.25, 0.3) is 0 Å². The number of halogens is 1. The molecule has 1 atom stereocenters. The lowest BCUT2D eigenvalue weighted by molar-refractivity contribution is -0.119. The summed E-state index contributed by atoms with van der Waals surface area (Å²) in [5.41, 5.74) is 0.379. The molecule has 0 heterocycles. The smallest absolute Gasteiger partial charge is 0.168 e. The molecular formula is C14H19FO3. The topological polar surface area (TPSA) is 35.5 Å². The van der Waals surface area contributed by atoms with Gasteiger partial charge in [0, 0.05) is 20.0 Å². The van der Waals surface area contributed by atoms with E-state index >= 15 is 0 Å². The number of hydrogen-bond donors (Lipinski definition) is 0. The average Bonchev–Trinajstić information content (AvgIpc) is 2.38. The molecule has 0 aliphatic heterocycles. The second kappa shape index (κ2) is 7.11. The van der Waals surface area contributed by atoms with Crippen molar-refractivity contribution in [2.45, 2.75) is 32.3 Å². The van der Waals surface area contributed by atoms with Gasteiger partial charge in [-0.1, -0.05) is 12.1 Å². The number of Topliss-reactive ketones (excluding diaryl/α,β-unsaturated/α-hetero) is 1. The second-order valence-corrected chi connectivity index (χ2v) is 4.23. The maximum Gasteiger partial charge on any atom is 0.168 e. The Morgan fingerprint density at radius 2 is 2.11 bits per heavy atom. The van der Waals surface area contributed by atoms with Crippen LogP contribution >= 0.6 is 0 Å². The van der Waals surface area contributed by atoms with Crippen LogP contribution in [0, 0.1) is 5.82 Å². The van der Waals surface area contributed by atoms with Gasteiger partial charge in [-0.15, -0.1) is 0 Å². The Kier molecular flexibility index (Phi) is 5.78. The first kappa shape index (κ1) is 14.6. The number of ether oxygens (including phenoxy) is 2. The van der Waals surface area contributed by atoms with Crippen LogP contribution in [0.4, 0.5) is 4.39 Å². The molecule has 100 valence electrons. The third kappa shape index (κ3) is 4.11. The summed E-state index contributed by atoms with van der Waals surface area (Å²) >= 11 is 0. The molecule has 4 heteroatoms. The molecular weight excluding hydrogens is 235 g/mol. The number of benzene rings is 1. The highest BCUT2D eigenvalue weighted by molar-refractivity contribution is 5.81. The lowest BCUT2D eigenvalue weighted by atomic mass is 10.0. The highest BCUT2D eigenvalue weighted by Gasteiger charge is 2.13. The molecule has 18 heavy (non-hydrogen) atoms. The van der Waals surface area contributed by atoms with Crippen LogP contribution in [-0.4, -0.2) is 26.1 Å². The molecule has 0 aliphatic carbocycles. The van der Waals surface area contributed by atoms with Crippen LogP contribution in [0.5, 0.6) is 5.75 Å². The number of ketones is 1. The van der Waals surface area contributed by atoms with Gasteiger partial charge >= 0.3 is 0 Å². The Labute approximate surface area is 107 Å². The Morgan fingerprint density at radius 3 is 2.72 bits per heavy atom. The van der Waals surface area contributed by atoms with Gasteiger partial charge < -0.3 is 9.47 Å². The predicted octanol–water partition coefficient (Wildman–Crippen LogP) is 2.76. The van der Waals surface area contributed by atoms with Crippen molar-refractivity contribution >= 4 is 5.78 Å². The fourth-order valence-electron chi connectivity index (χ4n) is 1.63. The van der Waals surface area contributed by atoms with Crippen molar-refractivity contribution < 1.29 is 18.7 Å². The van der Waals surface area contributed by atoms with Gasteiger partial charge in [-0.2, -0.15) is 0 Å². The number of carbonyl (C=O) groups excluding carboxylic acids is 1. The first-order chi connectivity index (χ1) is 8.58. The van der Waals surface area contributed by atoms with E-state index in [0.717, 1.165) is 0 Å². The monoisotopic (exact) mass is 254 g/mol. The van der Waals surface area contributed by atoms with Crippen molar-refractivity contribution in [2.24, 2.45) is 0 Å². The van der Waals surface area contributed by atoms with E-state index in [1.165, 1.54) is 13.2 Å². The van der Waals surface area contributed by atoms with Crippen LogP contribution < -0.4 is 4.74 Å². The summed E-state index contributed by atoms with van der Waals surface area (Å²) in [5, 5.41) is 0. The zero-order valence-corrected chi connectivity index (χ0v) is 11.0. The number of carbonyl (C=O) groups is 1. The Hall–Kier alpha value is -1.42. The largest absolute Gasteiger partial charge is 0.494 e. The molecule has 0 amide bonds. The van der Waals surface area contributed by atoms with Crippen molar-refractivity contribution in [1.29, 1.82) is 0 Å². The van der Waals surface area contributed by atoms with E-state index < -0.39 is 5.82 Å². The highest BCUT2D eigenvalue weighted by Crippen LogP contribution is 2.20. The fourth-order valence-corrected chi connectivity index (χ4v) is 1.63. The molecule has 0 radical (unpaired) electrons. The van der Waals surface area contributed by atoms with Gasteiger partial charge in [0.2, 0.25) is 0 Å². The lowest BCUT2D eigenvalue weighted by Gasteiger charge is -2.09. The van der Waals surface area contributed by atoms with E-state index in [0.29, 0.717) is 18.4 Å². The first-order valence-corrected chi connectivity index (χ1v) is 5.94. The molecule has 0 bridgehead atoms. The van der Waals surface area contributed by atoms with Crippen molar-refractivity contribution in [1.82, 2.24) is 0 Å². The summed E-state index contributed by atoms with van der Waals surface area (Å²) in [5.74, 6) is -0.273. The fraction of sp³-hybridized carbons (Fsp3) is 0.500. The Bertz CT molecular complexity index is 404. The van der Waals surface area contributed by atoms with Crippen molar-refractivity contribution in [2.75, 3.05) is 14.2 Å². The highest BCUT2D eigenvalue weighted by atomic mass is 19.1. The van der Waals surface area contributed by atoms with Gasteiger partial charge in [0.15, 0.2) is 11.6 Å². The van der Waals surface area contributed by atoms with E-state index in [4.69, 9.17) is 9.47 Å². The third-order valence-electron chi connectivity index (χ3n) is 2.88. The summed E-state index contributed by atoms with van der Waals surface area (Å²) < 4.78 is 23.7. The van der Waals surface area contributed by atoms with Gasteiger partial charge in [-0.3, -0.25) is 4.79 Å². The van der Waals surface area contributed by atoms with Gasteiger partial charge in [0.25, 0.3) is 0 Å². The van der Waals surface area contributed by atoms with E-state index in [1.807, 2.05) is 6.92 Å². The quantitative estimate of drug-likeness (QED) is 0.750. The van der Waals surface area contributed by atoms with Crippen LogP contribution in [-0.2, 0) is 16.0 Å². The molecule has 0 aromatic heterocycles. The summed E-state index contributed by atoms with van der Waals surface area (Å²) in [7, 11) is 3.02. The first-order valence-electron chi connectivity index (χ1n) is 5.94. The minimum absolute atomic E-state index is 0.00560. The van der Waals surface area contributed by atoms with Gasteiger partial charge in [-0.25, -0.2) is 4.39 Å². The molecule has 1 aromatic rings. The molecule has 0 saturated carbocycles. The summed E-state index contributed by atoms with van der Waals surface area (Å²) in [6.45, 7) is 1.90. The van der Waals surface area contributed by atoms with Gasteiger partial charge in [0.1, 0.15) is 5.78 Å². The van der Waals surface area contributed by atoms with Gasteiger partial charge in [-0.05, 0) is 25.0 Å². The van der Waals surface area contributed by atoms with Crippen molar-refractivity contribution in [3.8, 4) is 5.75 Å². The zero-order chi connectivity index (χ0) is 13.5. The lowest BCUT2D eigenvalue weighted by Crippen LogP contribution is -2.11. The van der Waals surface area contributed by atoms with E-state index in [2.05, 4.69) is 0 Å². The molecule has 0 fully saturated rings. The summed E-state index contributed by atoms with van der Waals surface area (Å²) in [6.07, 6.45) is 1.19. The molecule has 1 aromatic carbocycles. The third-order valence-corrected chi connectivity index (χ3v) is 2.88. The molecule has 0 aliphatic rings. The molecule has 0 saturated heterocycles. The van der Waals surface area contributed by atoms with E-state index in [-0.39, 0.29) is 24.1 Å². The maximum atomic E-state index is 13.8. The zero-order valence-electron chi connectivity index (χ0n) is 11.0. The van der Waals surface area contributed by atoms with Crippen LogP contribution in [0.15, 0.2) is 18.2 Å². The Morgan fingerprint density at radius 1 is 1.39 bits per heavy atom. The summed E-state index contributed by atoms with van der Waals surface area (Å²) in [4.78, 5) is 11.7. The average molecular weight is 254 g/mol. The molecule has 1 unspecified atom stereocenters. The number of methoxy groups -OCH3 is 2. The number of hydrogen-bond acceptors (Lipinski definition) is 3. The van der Waals surface area contributed by atoms with Crippen LogP contribution in [0.2, 0.25) is 0 Å². The van der Waals surface area contributed by atoms with Gasteiger partial charge in [0.05, 0.1) is 13.2 Å². The SMILES string of the molecule is COc1cccc(CC(=O)CCC(C)OC)c1F. The molecule has 0 spiro atoms. The number of rotatable bonds is 7. The second-order valence-electron chi connectivity index (χ2n) is 4.23. The normalized spacial score (nSPS) is 12.2. The molecule has 3 nitrogen and oxygen atoms in total.